The number of thiophene rings is 1. The van der Waals surface area contributed by atoms with Crippen LogP contribution in [0.2, 0.25) is 4.34 Å². The molecule has 2 aromatic rings. The van der Waals surface area contributed by atoms with Crippen molar-refractivity contribution in [2.45, 2.75) is 38.9 Å². The Morgan fingerprint density at radius 1 is 1.35 bits per heavy atom. The first-order valence-corrected chi connectivity index (χ1v) is 8.12. The van der Waals surface area contributed by atoms with Gasteiger partial charge in [-0.3, -0.25) is 4.90 Å². The number of hydrogen-bond donors (Lipinski definition) is 1. The van der Waals surface area contributed by atoms with E-state index in [2.05, 4.69) is 24.8 Å². The maximum absolute atomic E-state index is 6.36. The topological polar surface area (TPSA) is 42.4 Å². The zero-order valence-corrected chi connectivity index (χ0v) is 13.5. The van der Waals surface area contributed by atoms with E-state index in [1.54, 1.807) is 17.6 Å². The summed E-state index contributed by atoms with van der Waals surface area (Å²) in [5, 5.41) is 0. The first-order valence-electron chi connectivity index (χ1n) is 6.93. The van der Waals surface area contributed by atoms with Crippen molar-refractivity contribution in [2.24, 2.45) is 5.73 Å². The van der Waals surface area contributed by atoms with Gasteiger partial charge in [0.05, 0.1) is 23.2 Å². The highest BCUT2D eigenvalue weighted by Gasteiger charge is 2.26. The maximum atomic E-state index is 6.36. The van der Waals surface area contributed by atoms with Gasteiger partial charge in [0.25, 0.3) is 0 Å². The van der Waals surface area contributed by atoms with Crippen molar-refractivity contribution in [3.8, 4) is 0 Å². The minimum Gasteiger partial charge on any atom is -0.468 e. The summed E-state index contributed by atoms with van der Waals surface area (Å²) in [6.07, 6.45) is 2.63. The fourth-order valence-electron chi connectivity index (χ4n) is 2.38. The Hall–Kier alpha value is -0.810. The predicted molar refractivity (Wildman–Crippen MR) is 85.1 cm³/mol. The Labute approximate surface area is 129 Å². The van der Waals surface area contributed by atoms with E-state index in [0.29, 0.717) is 0 Å². The van der Waals surface area contributed by atoms with Crippen LogP contribution in [0.4, 0.5) is 0 Å². The molecule has 0 aliphatic carbocycles. The number of likely N-dealkylation sites (N-methyl/N-ethyl adjacent to an activating group) is 1. The molecule has 5 heteroatoms. The van der Waals surface area contributed by atoms with E-state index in [4.69, 9.17) is 21.8 Å². The van der Waals surface area contributed by atoms with Gasteiger partial charge in [0.1, 0.15) is 5.76 Å². The second-order valence-electron chi connectivity index (χ2n) is 4.80. The molecule has 0 aliphatic rings. The normalized spacial score (nSPS) is 14.7. The first-order chi connectivity index (χ1) is 9.65. The largest absolute Gasteiger partial charge is 0.468 e. The van der Waals surface area contributed by atoms with Crippen molar-refractivity contribution in [1.29, 1.82) is 0 Å². The molecule has 0 bridgehead atoms. The van der Waals surface area contributed by atoms with Crippen LogP contribution in [0.1, 0.15) is 36.9 Å². The molecule has 0 saturated carbocycles. The molecule has 0 radical (unpaired) electrons. The van der Waals surface area contributed by atoms with E-state index in [9.17, 15) is 0 Å². The Morgan fingerprint density at radius 3 is 2.65 bits per heavy atom. The molecular formula is C15H21ClN2OS. The number of rotatable bonds is 7. The van der Waals surface area contributed by atoms with Crippen LogP contribution in [0.5, 0.6) is 0 Å². The number of hydrogen-bond acceptors (Lipinski definition) is 4. The lowest BCUT2D eigenvalue weighted by molar-refractivity contribution is 0.160. The second-order valence-corrected chi connectivity index (χ2v) is 6.55. The standard InChI is InChI=1S/C15H21ClN2OS/c1-3-12(17)15(13-7-8-14(16)20-13)18(4-2)10-11-6-5-9-19-11/h5-9,12,15H,3-4,10,17H2,1-2H3. The molecule has 0 aliphatic heterocycles. The van der Waals surface area contributed by atoms with Crippen molar-refractivity contribution in [3.05, 3.63) is 45.5 Å². The minimum atomic E-state index is 0.0830. The quantitative estimate of drug-likeness (QED) is 0.829. The summed E-state index contributed by atoms with van der Waals surface area (Å²) in [7, 11) is 0. The second kappa shape index (κ2) is 7.27. The first kappa shape index (κ1) is 15.6. The van der Waals surface area contributed by atoms with E-state index in [1.807, 2.05) is 18.2 Å². The van der Waals surface area contributed by atoms with Gasteiger partial charge in [0, 0.05) is 10.9 Å². The molecule has 20 heavy (non-hydrogen) atoms. The van der Waals surface area contributed by atoms with Crippen LogP contribution in [-0.4, -0.2) is 17.5 Å². The summed E-state index contributed by atoms with van der Waals surface area (Å²) >= 11 is 7.69. The lowest BCUT2D eigenvalue weighted by Crippen LogP contribution is -2.40. The molecular weight excluding hydrogens is 292 g/mol. The third-order valence-corrected chi connectivity index (χ3v) is 4.80. The molecule has 2 heterocycles. The maximum Gasteiger partial charge on any atom is 0.117 e. The van der Waals surface area contributed by atoms with Crippen LogP contribution in [0.3, 0.4) is 0 Å². The molecule has 2 aromatic heterocycles. The summed E-state index contributed by atoms with van der Waals surface area (Å²) in [6.45, 7) is 5.94. The zero-order chi connectivity index (χ0) is 14.5. The minimum absolute atomic E-state index is 0.0830. The van der Waals surface area contributed by atoms with Crippen molar-refractivity contribution >= 4 is 22.9 Å². The van der Waals surface area contributed by atoms with Crippen molar-refractivity contribution < 1.29 is 4.42 Å². The van der Waals surface area contributed by atoms with Gasteiger partial charge >= 0.3 is 0 Å². The van der Waals surface area contributed by atoms with Crippen LogP contribution in [0.25, 0.3) is 0 Å². The van der Waals surface area contributed by atoms with Crippen LogP contribution in [-0.2, 0) is 6.54 Å². The summed E-state index contributed by atoms with van der Waals surface area (Å²) in [6, 6.07) is 8.20. The summed E-state index contributed by atoms with van der Waals surface area (Å²) in [5.74, 6) is 0.961. The van der Waals surface area contributed by atoms with Crippen LogP contribution in [0, 0.1) is 0 Å². The van der Waals surface area contributed by atoms with Gasteiger partial charge in [-0.2, -0.15) is 0 Å². The smallest absolute Gasteiger partial charge is 0.117 e. The Balaban J connectivity index is 2.23. The van der Waals surface area contributed by atoms with Crippen LogP contribution < -0.4 is 5.73 Å². The molecule has 3 nitrogen and oxygen atoms in total. The SMILES string of the molecule is CCC(N)C(c1ccc(Cl)s1)N(CC)Cc1ccco1. The van der Waals surface area contributed by atoms with Gasteiger partial charge in [-0.25, -0.2) is 0 Å². The highest BCUT2D eigenvalue weighted by atomic mass is 35.5. The molecule has 2 N–H and O–H groups in total. The molecule has 2 unspecified atom stereocenters. The van der Waals surface area contributed by atoms with Crippen LogP contribution >= 0.6 is 22.9 Å². The molecule has 0 fully saturated rings. The molecule has 2 atom stereocenters. The van der Waals surface area contributed by atoms with Gasteiger partial charge in [0.2, 0.25) is 0 Å². The third kappa shape index (κ3) is 3.64. The monoisotopic (exact) mass is 312 g/mol. The van der Waals surface area contributed by atoms with E-state index in [-0.39, 0.29) is 12.1 Å². The highest BCUT2D eigenvalue weighted by molar-refractivity contribution is 7.16. The number of halogens is 1. The fraction of sp³-hybridized carbons (Fsp3) is 0.467. The van der Waals surface area contributed by atoms with Crippen molar-refractivity contribution in [2.75, 3.05) is 6.54 Å². The predicted octanol–water partition coefficient (Wildman–Crippen LogP) is 4.30. The Morgan fingerprint density at radius 2 is 2.15 bits per heavy atom. The molecule has 0 saturated heterocycles. The highest BCUT2D eigenvalue weighted by Crippen LogP contribution is 2.33. The summed E-state index contributed by atoms with van der Waals surface area (Å²) < 4.78 is 6.27. The number of furan rings is 1. The third-order valence-electron chi connectivity index (χ3n) is 3.50. The van der Waals surface area contributed by atoms with E-state index >= 15 is 0 Å². The van der Waals surface area contributed by atoms with E-state index in [0.717, 1.165) is 29.6 Å². The summed E-state index contributed by atoms with van der Waals surface area (Å²) in [5.41, 5.74) is 6.36. The van der Waals surface area contributed by atoms with Gasteiger partial charge in [-0.15, -0.1) is 11.3 Å². The average molecular weight is 313 g/mol. The van der Waals surface area contributed by atoms with Crippen molar-refractivity contribution in [1.82, 2.24) is 4.90 Å². The molecule has 0 amide bonds. The lowest BCUT2D eigenvalue weighted by Gasteiger charge is -2.33. The number of nitrogens with two attached hydrogens (primary N) is 1. The van der Waals surface area contributed by atoms with Gasteiger partial charge in [0.15, 0.2) is 0 Å². The molecule has 0 aromatic carbocycles. The summed E-state index contributed by atoms with van der Waals surface area (Å²) in [4.78, 5) is 3.56. The zero-order valence-electron chi connectivity index (χ0n) is 11.9. The van der Waals surface area contributed by atoms with Gasteiger partial charge in [-0.1, -0.05) is 25.4 Å². The van der Waals surface area contributed by atoms with E-state index in [1.165, 1.54) is 4.88 Å². The molecule has 0 spiro atoms. The lowest BCUT2D eigenvalue weighted by atomic mass is 10.0. The van der Waals surface area contributed by atoms with Crippen LogP contribution in [0.15, 0.2) is 34.9 Å². The average Bonchev–Trinajstić information content (AvgIpc) is 3.09. The van der Waals surface area contributed by atoms with Gasteiger partial charge < -0.3 is 10.2 Å². The molecule has 110 valence electrons. The van der Waals surface area contributed by atoms with E-state index < -0.39 is 0 Å². The Kier molecular flexibility index (Phi) is 5.66. The fourth-order valence-corrected chi connectivity index (χ4v) is 3.65. The van der Waals surface area contributed by atoms with Gasteiger partial charge in [-0.05, 0) is 37.2 Å². The van der Waals surface area contributed by atoms with Crippen molar-refractivity contribution in [3.63, 3.8) is 0 Å². The Bertz CT molecular complexity index is 512. The number of nitrogens with zero attached hydrogens (tertiary/aromatic N) is 1. The molecule has 2 rings (SSSR count).